The van der Waals surface area contributed by atoms with Gasteiger partial charge < -0.3 is 5.32 Å². The fourth-order valence-electron chi connectivity index (χ4n) is 2.53. The number of hydrogen-bond donors (Lipinski definition) is 1. The first kappa shape index (κ1) is 11.5. The van der Waals surface area contributed by atoms with Gasteiger partial charge >= 0.3 is 0 Å². The molecule has 1 fully saturated rings. The lowest BCUT2D eigenvalue weighted by atomic mass is 9.78. The van der Waals surface area contributed by atoms with Crippen LogP contribution in [0.25, 0.3) is 0 Å². The molecule has 0 aliphatic heterocycles. The predicted octanol–water partition coefficient (Wildman–Crippen LogP) is 2.39. The Morgan fingerprint density at radius 3 is 2.94 bits per heavy atom. The van der Waals surface area contributed by atoms with Crippen LogP contribution in [0, 0.1) is 11.8 Å². The molecule has 2 rings (SSSR count). The first-order chi connectivity index (χ1) is 7.77. The Kier molecular flexibility index (Phi) is 3.88. The molecule has 88 valence electrons. The Bertz CT molecular complexity index is 312. The molecule has 1 aromatic rings. The van der Waals surface area contributed by atoms with Gasteiger partial charge in [0.25, 0.3) is 0 Å². The van der Waals surface area contributed by atoms with Crippen LogP contribution in [0.3, 0.4) is 0 Å². The van der Waals surface area contributed by atoms with Crippen LogP contribution in [0.1, 0.15) is 38.8 Å². The molecule has 3 unspecified atom stereocenters. The van der Waals surface area contributed by atoms with Gasteiger partial charge in [0.1, 0.15) is 0 Å². The van der Waals surface area contributed by atoms with Crippen LogP contribution in [-0.4, -0.2) is 16.0 Å². The average Bonchev–Trinajstić information content (AvgIpc) is 2.32. The SMILES string of the molecule is CC1CCCC(NCc2cnccn2)C1C. The van der Waals surface area contributed by atoms with Crippen molar-refractivity contribution in [1.82, 2.24) is 15.3 Å². The van der Waals surface area contributed by atoms with Gasteiger partial charge in [0.2, 0.25) is 0 Å². The highest BCUT2D eigenvalue weighted by atomic mass is 14.9. The van der Waals surface area contributed by atoms with E-state index in [0.29, 0.717) is 6.04 Å². The number of rotatable bonds is 3. The number of nitrogens with zero attached hydrogens (tertiary/aromatic N) is 2. The lowest BCUT2D eigenvalue weighted by Crippen LogP contribution is -2.40. The minimum Gasteiger partial charge on any atom is -0.308 e. The molecule has 1 heterocycles. The summed E-state index contributed by atoms with van der Waals surface area (Å²) in [4.78, 5) is 8.36. The van der Waals surface area contributed by atoms with Crippen molar-refractivity contribution >= 4 is 0 Å². The molecule has 0 saturated heterocycles. The van der Waals surface area contributed by atoms with E-state index in [9.17, 15) is 0 Å². The highest BCUT2D eigenvalue weighted by molar-refractivity contribution is 4.95. The third kappa shape index (κ3) is 2.79. The first-order valence-corrected chi connectivity index (χ1v) is 6.25. The molecule has 0 aromatic carbocycles. The smallest absolute Gasteiger partial charge is 0.0724 e. The van der Waals surface area contributed by atoms with Gasteiger partial charge in [0.05, 0.1) is 5.69 Å². The van der Waals surface area contributed by atoms with Gasteiger partial charge in [-0.25, -0.2) is 0 Å². The van der Waals surface area contributed by atoms with Crippen molar-refractivity contribution in [2.24, 2.45) is 11.8 Å². The zero-order valence-corrected chi connectivity index (χ0v) is 10.2. The number of hydrogen-bond acceptors (Lipinski definition) is 3. The summed E-state index contributed by atoms with van der Waals surface area (Å²) in [5.41, 5.74) is 1.04. The zero-order chi connectivity index (χ0) is 11.4. The van der Waals surface area contributed by atoms with E-state index in [1.807, 2.05) is 6.20 Å². The molecule has 1 aliphatic carbocycles. The molecule has 1 aromatic heterocycles. The summed E-state index contributed by atoms with van der Waals surface area (Å²) in [7, 11) is 0. The number of aromatic nitrogens is 2. The van der Waals surface area contributed by atoms with Crippen molar-refractivity contribution in [1.29, 1.82) is 0 Å². The summed E-state index contributed by atoms with van der Waals surface area (Å²) in [6, 6.07) is 0.644. The Morgan fingerprint density at radius 2 is 2.19 bits per heavy atom. The molecular weight excluding hydrogens is 198 g/mol. The monoisotopic (exact) mass is 219 g/mol. The number of nitrogens with one attached hydrogen (secondary N) is 1. The van der Waals surface area contributed by atoms with Gasteiger partial charge in [0.15, 0.2) is 0 Å². The van der Waals surface area contributed by atoms with Crippen molar-refractivity contribution in [2.45, 2.75) is 45.7 Å². The van der Waals surface area contributed by atoms with Crippen LogP contribution in [0.15, 0.2) is 18.6 Å². The molecule has 1 N–H and O–H groups in total. The van der Waals surface area contributed by atoms with Crippen molar-refractivity contribution in [2.75, 3.05) is 0 Å². The molecule has 0 bridgehead atoms. The van der Waals surface area contributed by atoms with Crippen molar-refractivity contribution in [3.63, 3.8) is 0 Å². The largest absolute Gasteiger partial charge is 0.308 e. The van der Waals surface area contributed by atoms with Crippen LogP contribution >= 0.6 is 0 Å². The maximum atomic E-state index is 4.28. The molecule has 0 spiro atoms. The lowest BCUT2D eigenvalue weighted by Gasteiger charge is -2.34. The summed E-state index contributed by atoms with van der Waals surface area (Å²) in [5, 5.41) is 3.62. The van der Waals surface area contributed by atoms with Crippen molar-refractivity contribution in [3.05, 3.63) is 24.3 Å². The highest BCUT2D eigenvalue weighted by Crippen LogP contribution is 2.29. The normalized spacial score (nSPS) is 30.2. The minimum absolute atomic E-state index is 0.644. The molecule has 3 atom stereocenters. The summed E-state index contributed by atoms with van der Waals surface area (Å²) >= 11 is 0. The molecule has 0 amide bonds. The van der Waals surface area contributed by atoms with Crippen LogP contribution < -0.4 is 5.32 Å². The third-order valence-corrected chi connectivity index (χ3v) is 3.87. The van der Waals surface area contributed by atoms with Gasteiger partial charge in [-0.3, -0.25) is 9.97 Å². The van der Waals surface area contributed by atoms with E-state index in [1.165, 1.54) is 19.3 Å². The molecule has 1 saturated carbocycles. The third-order valence-electron chi connectivity index (χ3n) is 3.87. The molecular formula is C13H21N3. The second-order valence-electron chi connectivity index (χ2n) is 4.95. The Hall–Kier alpha value is -0.960. The maximum Gasteiger partial charge on any atom is 0.0724 e. The second kappa shape index (κ2) is 5.39. The van der Waals surface area contributed by atoms with Crippen molar-refractivity contribution in [3.8, 4) is 0 Å². The lowest BCUT2D eigenvalue weighted by molar-refractivity contribution is 0.205. The van der Waals surface area contributed by atoms with Gasteiger partial charge in [-0.1, -0.05) is 26.7 Å². The Labute approximate surface area is 97.7 Å². The van der Waals surface area contributed by atoms with E-state index in [1.54, 1.807) is 12.4 Å². The topological polar surface area (TPSA) is 37.8 Å². The molecule has 1 aliphatic rings. The fraction of sp³-hybridized carbons (Fsp3) is 0.692. The van der Waals surface area contributed by atoms with Gasteiger partial charge in [-0.05, 0) is 18.3 Å². The van der Waals surface area contributed by atoms with Crippen LogP contribution in [0.4, 0.5) is 0 Å². The fourth-order valence-corrected chi connectivity index (χ4v) is 2.53. The first-order valence-electron chi connectivity index (χ1n) is 6.25. The van der Waals surface area contributed by atoms with Gasteiger partial charge in [-0.2, -0.15) is 0 Å². The molecule has 3 nitrogen and oxygen atoms in total. The Morgan fingerprint density at radius 1 is 1.31 bits per heavy atom. The van der Waals surface area contributed by atoms with E-state index >= 15 is 0 Å². The second-order valence-corrected chi connectivity index (χ2v) is 4.95. The van der Waals surface area contributed by atoms with Crippen molar-refractivity contribution < 1.29 is 0 Å². The molecule has 16 heavy (non-hydrogen) atoms. The van der Waals surface area contributed by atoms with E-state index in [-0.39, 0.29) is 0 Å². The van der Waals surface area contributed by atoms with Gasteiger partial charge in [-0.15, -0.1) is 0 Å². The van der Waals surface area contributed by atoms with E-state index in [0.717, 1.165) is 24.1 Å². The standard InChI is InChI=1S/C13H21N3/c1-10-4-3-5-13(11(10)2)16-9-12-8-14-6-7-15-12/h6-8,10-11,13,16H,3-5,9H2,1-2H3. The minimum atomic E-state index is 0.644. The molecule has 0 radical (unpaired) electrons. The molecule has 3 heteroatoms. The zero-order valence-electron chi connectivity index (χ0n) is 10.2. The van der Waals surface area contributed by atoms with Gasteiger partial charge in [0, 0.05) is 31.2 Å². The predicted molar refractivity (Wildman–Crippen MR) is 64.8 cm³/mol. The Balaban J connectivity index is 1.85. The van der Waals surface area contributed by atoms with E-state index in [4.69, 9.17) is 0 Å². The summed E-state index contributed by atoms with van der Waals surface area (Å²) in [5.74, 6) is 1.61. The quantitative estimate of drug-likeness (QED) is 0.848. The van der Waals surface area contributed by atoms with E-state index < -0.39 is 0 Å². The summed E-state index contributed by atoms with van der Waals surface area (Å²) < 4.78 is 0. The summed E-state index contributed by atoms with van der Waals surface area (Å²) in [6.45, 7) is 5.56. The average molecular weight is 219 g/mol. The van der Waals surface area contributed by atoms with Crippen LogP contribution in [0.2, 0.25) is 0 Å². The highest BCUT2D eigenvalue weighted by Gasteiger charge is 2.26. The van der Waals surface area contributed by atoms with Crippen LogP contribution in [-0.2, 0) is 6.54 Å². The summed E-state index contributed by atoms with van der Waals surface area (Å²) in [6.07, 6.45) is 9.34. The maximum absolute atomic E-state index is 4.28. The van der Waals surface area contributed by atoms with Crippen LogP contribution in [0.5, 0.6) is 0 Å². The van der Waals surface area contributed by atoms with E-state index in [2.05, 4.69) is 29.1 Å².